The number of aromatic nitrogens is 1. The van der Waals surface area contributed by atoms with Crippen LogP contribution < -0.4 is 0 Å². The predicted octanol–water partition coefficient (Wildman–Crippen LogP) is 2.02. The Morgan fingerprint density at radius 1 is 1.41 bits per heavy atom. The molecule has 0 aliphatic carbocycles. The van der Waals surface area contributed by atoms with Gasteiger partial charge in [-0.15, -0.1) is 0 Å². The summed E-state index contributed by atoms with van der Waals surface area (Å²) in [4.78, 5) is 20.6. The normalized spacial score (nSPS) is 10.6. The molecule has 0 saturated heterocycles. The number of benzene rings is 1. The highest BCUT2D eigenvalue weighted by Crippen LogP contribution is 2.22. The number of nitro benzene ring substituents is 1. The molecule has 0 spiro atoms. The Kier molecular flexibility index (Phi) is 2.78. The SMILES string of the molecule is O=C(O)CCn1ccc2cc([N+](=O)[O-])ccc21. The van der Waals surface area contributed by atoms with Gasteiger partial charge in [0.2, 0.25) is 0 Å². The second kappa shape index (κ2) is 4.25. The van der Waals surface area contributed by atoms with Crippen molar-refractivity contribution in [2.45, 2.75) is 13.0 Å². The molecule has 1 aromatic heterocycles. The summed E-state index contributed by atoms with van der Waals surface area (Å²) >= 11 is 0. The topological polar surface area (TPSA) is 85.4 Å². The zero-order valence-corrected chi connectivity index (χ0v) is 8.87. The van der Waals surface area contributed by atoms with Crippen LogP contribution in [0.5, 0.6) is 0 Å². The van der Waals surface area contributed by atoms with Gasteiger partial charge in [0.05, 0.1) is 11.3 Å². The van der Waals surface area contributed by atoms with Gasteiger partial charge in [-0.2, -0.15) is 0 Å². The van der Waals surface area contributed by atoms with E-state index < -0.39 is 10.9 Å². The van der Waals surface area contributed by atoms with Gasteiger partial charge in [-0.1, -0.05) is 0 Å². The summed E-state index contributed by atoms with van der Waals surface area (Å²) in [6.45, 7) is 0.358. The third kappa shape index (κ3) is 2.25. The lowest BCUT2D eigenvalue weighted by Gasteiger charge is -2.02. The Bertz CT molecular complexity index is 588. The second-order valence-corrected chi connectivity index (χ2v) is 3.65. The monoisotopic (exact) mass is 234 g/mol. The van der Waals surface area contributed by atoms with E-state index in [1.807, 2.05) is 0 Å². The standard InChI is InChI=1S/C11H10N2O4/c14-11(15)4-6-12-5-3-8-7-9(13(16)17)1-2-10(8)12/h1-3,5,7H,4,6H2,(H,14,15). The van der Waals surface area contributed by atoms with E-state index in [2.05, 4.69) is 0 Å². The van der Waals surface area contributed by atoms with Crippen LogP contribution in [0, 0.1) is 10.1 Å². The van der Waals surface area contributed by atoms with Crippen molar-refractivity contribution in [1.82, 2.24) is 4.57 Å². The number of nitrogens with zero attached hydrogens (tertiary/aromatic N) is 2. The first-order valence-corrected chi connectivity index (χ1v) is 5.03. The van der Waals surface area contributed by atoms with Gasteiger partial charge in [-0.3, -0.25) is 14.9 Å². The van der Waals surface area contributed by atoms with Crippen LogP contribution in [0.2, 0.25) is 0 Å². The highest BCUT2D eigenvalue weighted by molar-refractivity contribution is 5.82. The van der Waals surface area contributed by atoms with Crippen molar-refractivity contribution in [2.75, 3.05) is 0 Å². The van der Waals surface area contributed by atoms with Crippen molar-refractivity contribution in [3.05, 3.63) is 40.6 Å². The van der Waals surface area contributed by atoms with Gasteiger partial charge in [0, 0.05) is 35.8 Å². The Morgan fingerprint density at radius 2 is 2.18 bits per heavy atom. The molecule has 0 bridgehead atoms. The maximum Gasteiger partial charge on any atom is 0.305 e. The molecule has 2 aromatic rings. The molecule has 0 fully saturated rings. The van der Waals surface area contributed by atoms with E-state index in [9.17, 15) is 14.9 Å². The van der Waals surface area contributed by atoms with E-state index in [4.69, 9.17) is 5.11 Å². The zero-order chi connectivity index (χ0) is 12.4. The molecule has 1 N–H and O–H groups in total. The number of carboxylic acid groups (broad SMARTS) is 1. The summed E-state index contributed by atoms with van der Waals surface area (Å²) in [5, 5.41) is 19.9. The Balaban J connectivity index is 2.34. The fourth-order valence-corrected chi connectivity index (χ4v) is 1.71. The molecule has 0 aliphatic rings. The van der Waals surface area contributed by atoms with Crippen molar-refractivity contribution < 1.29 is 14.8 Å². The third-order valence-corrected chi connectivity index (χ3v) is 2.53. The Labute approximate surface area is 96.2 Å². The predicted molar refractivity (Wildman–Crippen MR) is 60.8 cm³/mol. The molecule has 6 heteroatoms. The first-order chi connectivity index (χ1) is 8.08. The summed E-state index contributed by atoms with van der Waals surface area (Å²) in [7, 11) is 0. The molecule has 1 heterocycles. The van der Waals surface area contributed by atoms with Gasteiger partial charge >= 0.3 is 5.97 Å². The number of carboxylic acids is 1. The van der Waals surface area contributed by atoms with E-state index in [1.165, 1.54) is 12.1 Å². The minimum atomic E-state index is -0.867. The Hall–Kier alpha value is -2.37. The molecule has 0 atom stereocenters. The fourth-order valence-electron chi connectivity index (χ4n) is 1.71. The number of hydrogen-bond acceptors (Lipinski definition) is 3. The van der Waals surface area contributed by atoms with E-state index in [-0.39, 0.29) is 12.1 Å². The lowest BCUT2D eigenvalue weighted by atomic mass is 10.2. The molecule has 17 heavy (non-hydrogen) atoms. The van der Waals surface area contributed by atoms with Gasteiger partial charge in [-0.05, 0) is 12.1 Å². The molecule has 6 nitrogen and oxygen atoms in total. The molecular formula is C11H10N2O4. The van der Waals surface area contributed by atoms with Gasteiger partial charge in [0.25, 0.3) is 5.69 Å². The van der Waals surface area contributed by atoms with Gasteiger partial charge in [-0.25, -0.2) is 0 Å². The fraction of sp³-hybridized carbons (Fsp3) is 0.182. The molecule has 0 aliphatic heterocycles. The average Bonchev–Trinajstić information content (AvgIpc) is 2.68. The Morgan fingerprint density at radius 3 is 2.82 bits per heavy atom. The van der Waals surface area contributed by atoms with Crippen LogP contribution in [0.3, 0.4) is 0 Å². The van der Waals surface area contributed by atoms with E-state index in [1.54, 1.807) is 22.9 Å². The lowest BCUT2D eigenvalue weighted by Crippen LogP contribution is -2.03. The number of aliphatic carboxylic acids is 1. The molecule has 0 amide bonds. The molecular weight excluding hydrogens is 224 g/mol. The smallest absolute Gasteiger partial charge is 0.305 e. The maximum atomic E-state index is 10.6. The van der Waals surface area contributed by atoms with E-state index in [0.717, 1.165) is 10.9 Å². The first kappa shape index (κ1) is 11.1. The van der Waals surface area contributed by atoms with Crippen LogP contribution in [0.15, 0.2) is 30.5 Å². The van der Waals surface area contributed by atoms with Gasteiger partial charge < -0.3 is 9.67 Å². The highest BCUT2D eigenvalue weighted by Gasteiger charge is 2.09. The molecule has 0 saturated carbocycles. The van der Waals surface area contributed by atoms with Crippen LogP contribution in [0.1, 0.15) is 6.42 Å². The summed E-state index contributed by atoms with van der Waals surface area (Å²) in [5.41, 5.74) is 0.838. The third-order valence-electron chi connectivity index (χ3n) is 2.53. The quantitative estimate of drug-likeness (QED) is 0.647. The van der Waals surface area contributed by atoms with Crippen molar-refractivity contribution in [3.63, 3.8) is 0 Å². The minimum absolute atomic E-state index is 0.0285. The summed E-state index contributed by atoms with van der Waals surface area (Å²) < 4.78 is 1.77. The number of non-ortho nitro benzene ring substituents is 1. The number of carbonyl (C=O) groups is 1. The van der Waals surface area contributed by atoms with Crippen LogP contribution in [-0.2, 0) is 11.3 Å². The number of hydrogen-bond donors (Lipinski definition) is 1. The van der Waals surface area contributed by atoms with Gasteiger partial charge in [0.15, 0.2) is 0 Å². The number of rotatable bonds is 4. The van der Waals surface area contributed by atoms with Crippen molar-refractivity contribution in [1.29, 1.82) is 0 Å². The lowest BCUT2D eigenvalue weighted by molar-refractivity contribution is -0.384. The van der Waals surface area contributed by atoms with Crippen LogP contribution >= 0.6 is 0 Å². The van der Waals surface area contributed by atoms with E-state index in [0.29, 0.717) is 6.54 Å². The van der Waals surface area contributed by atoms with E-state index >= 15 is 0 Å². The summed E-state index contributed by atoms with van der Waals surface area (Å²) in [6.07, 6.45) is 1.76. The van der Waals surface area contributed by atoms with Crippen molar-refractivity contribution in [3.8, 4) is 0 Å². The van der Waals surface area contributed by atoms with Crippen molar-refractivity contribution >= 4 is 22.6 Å². The maximum absolute atomic E-state index is 10.6. The van der Waals surface area contributed by atoms with Gasteiger partial charge in [0.1, 0.15) is 0 Å². The summed E-state index contributed by atoms with van der Waals surface area (Å²) in [5.74, 6) is -0.867. The number of nitro groups is 1. The van der Waals surface area contributed by atoms with Crippen molar-refractivity contribution in [2.24, 2.45) is 0 Å². The van der Waals surface area contributed by atoms with Crippen LogP contribution in [-0.4, -0.2) is 20.6 Å². The first-order valence-electron chi connectivity index (χ1n) is 5.03. The largest absolute Gasteiger partial charge is 0.481 e. The number of aryl methyl sites for hydroxylation is 1. The summed E-state index contributed by atoms with van der Waals surface area (Å²) in [6, 6.07) is 6.27. The highest BCUT2D eigenvalue weighted by atomic mass is 16.6. The molecule has 0 radical (unpaired) electrons. The minimum Gasteiger partial charge on any atom is -0.481 e. The zero-order valence-electron chi connectivity index (χ0n) is 8.87. The van der Waals surface area contributed by atoms with Crippen LogP contribution in [0.25, 0.3) is 10.9 Å². The molecule has 2 rings (SSSR count). The molecule has 0 unspecified atom stereocenters. The molecule has 1 aromatic carbocycles. The second-order valence-electron chi connectivity index (χ2n) is 3.65. The molecule has 88 valence electrons. The van der Waals surface area contributed by atoms with Crippen LogP contribution in [0.4, 0.5) is 5.69 Å². The average molecular weight is 234 g/mol. The number of fused-ring (bicyclic) bond motifs is 1.